The normalized spacial score (nSPS) is 10.8. The quantitative estimate of drug-likeness (QED) is 0.640. The Balaban J connectivity index is 2.81. The number of pyridine rings is 1. The van der Waals surface area contributed by atoms with Gasteiger partial charge in [0.1, 0.15) is 0 Å². The van der Waals surface area contributed by atoms with Crippen LogP contribution in [-0.2, 0) is 6.61 Å². The van der Waals surface area contributed by atoms with Gasteiger partial charge in [0.25, 0.3) is 0 Å². The lowest BCUT2D eigenvalue weighted by molar-refractivity contribution is 0.273. The van der Waals surface area contributed by atoms with E-state index in [1.54, 1.807) is 16.8 Å². The Kier molecular flexibility index (Phi) is 1.48. The zero-order valence-corrected chi connectivity index (χ0v) is 6.44. The predicted molar refractivity (Wildman–Crippen MR) is 45.5 cm³/mol. The summed E-state index contributed by atoms with van der Waals surface area (Å²) in [5, 5.41) is 13.0. The molecule has 0 aliphatic carbocycles. The zero-order valence-electron chi connectivity index (χ0n) is 6.44. The second-order valence-corrected chi connectivity index (χ2v) is 2.57. The molecule has 0 spiro atoms. The van der Waals surface area contributed by atoms with E-state index in [0.29, 0.717) is 5.69 Å². The van der Waals surface area contributed by atoms with Gasteiger partial charge < -0.3 is 10.8 Å². The van der Waals surface area contributed by atoms with E-state index in [0.717, 1.165) is 11.2 Å². The molecule has 0 bridgehead atoms. The van der Waals surface area contributed by atoms with Crippen LogP contribution in [0, 0.1) is 0 Å². The molecular weight excluding hydrogens is 154 g/mol. The van der Waals surface area contributed by atoms with Gasteiger partial charge in [-0.1, -0.05) is 6.07 Å². The molecule has 2 aromatic heterocycles. The van der Waals surface area contributed by atoms with Gasteiger partial charge in [0.2, 0.25) is 0 Å². The average molecular weight is 163 g/mol. The van der Waals surface area contributed by atoms with E-state index in [1.807, 2.05) is 12.1 Å². The van der Waals surface area contributed by atoms with Crippen LogP contribution in [0.3, 0.4) is 0 Å². The SMILES string of the molecule is Nc1cnn2c(CO)cccc12. The predicted octanol–water partition coefficient (Wildman–Crippen LogP) is 0.409. The highest BCUT2D eigenvalue weighted by molar-refractivity contribution is 5.68. The number of hydrogen-bond acceptors (Lipinski definition) is 3. The molecular formula is C8H9N3O. The van der Waals surface area contributed by atoms with Crippen LogP contribution in [0.15, 0.2) is 24.4 Å². The van der Waals surface area contributed by atoms with Crippen LogP contribution in [0.4, 0.5) is 5.69 Å². The third kappa shape index (κ3) is 0.853. The molecule has 0 aliphatic heterocycles. The van der Waals surface area contributed by atoms with Crippen LogP contribution in [0.2, 0.25) is 0 Å². The Morgan fingerprint density at radius 1 is 1.50 bits per heavy atom. The molecule has 0 atom stereocenters. The summed E-state index contributed by atoms with van der Waals surface area (Å²) in [4.78, 5) is 0. The van der Waals surface area contributed by atoms with E-state index in [4.69, 9.17) is 10.8 Å². The minimum absolute atomic E-state index is 0.0293. The summed E-state index contributed by atoms with van der Waals surface area (Å²) in [7, 11) is 0. The van der Waals surface area contributed by atoms with Crippen molar-refractivity contribution in [3.63, 3.8) is 0 Å². The minimum atomic E-state index is -0.0293. The van der Waals surface area contributed by atoms with Gasteiger partial charge in [-0.3, -0.25) is 0 Å². The Bertz CT molecular complexity index is 408. The molecule has 0 saturated carbocycles. The Morgan fingerprint density at radius 3 is 3.08 bits per heavy atom. The Morgan fingerprint density at radius 2 is 2.33 bits per heavy atom. The van der Waals surface area contributed by atoms with E-state index in [9.17, 15) is 0 Å². The van der Waals surface area contributed by atoms with Crippen LogP contribution in [-0.4, -0.2) is 14.7 Å². The lowest BCUT2D eigenvalue weighted by Gasteiger charge is -1.99. The van der Waals surface area contributed by atoms with Gasteiger partial charge in [-0.25, -0.2) is 4.52 Å². The first kappa shape index (κ1) is 7.12. The van der Waals surface area contributed by atoms with Crippen LogP contribution in [0.25, 0.3) is 5.52 Å². The number of hydrogen-bond donors (Lipinski definition) is 2. The van der Waals surface area contributed by atoms with E-state index in [2.05, 4.69) is 5.10 Å². The summed E-state index contributed by atoms with van der Waals surface area (Å²) in [5.74, 6) is 0. The fourth-order valence-corrected chi connectivity index (χ4v) is 1.21. The molecule has 4 heteroatoms. The molecule has 4 nitrogen and oxygen atoms in total. The largest absolute Gasteiger partial charge is 0.396 e. The van der Waals surface area contributed by atoms with Gasteiger partial charge in [0.15, 0.2) is 0 Å². The second-order valence-electron chi connectivity index (χ2n) is 2.57. The molecule has 2 aromatic rings. The molecule has 0 unspecified atom stereocenters. The Hall–Kier alpha value is -1.55. The van der Waals surface area contributed by atoms with Crippen molar-refractivity contribution in [3.8, 4) is 0 Å². The number of fused-ring (bicyclic) bond motifs is 1. The van der Waals surface area contributed by atoms with Gasteiger partial charge in [-0.2, -0.15) is 5.10 Å². The standard InChI is InChI=1S/C8H9N3O/c9-7-4-10-11-6(5-12)2-1-3-8(7)11/h1-4,12H,5,9H2. The highest BCUT2D eigenvalue weighted by Gasteiger charge is 2.02. The van der Waals surface area contributed by atoms with Gasteiger partial charge in [0, 0.05) is 0 Å². The number of anilines is 1. The molecule has 0 fully saturated rings. The summed E-state index contributed by atoms with van der Waals surface area (Å²) in [5.41, 5.74) is 7.84. The molecule has 2 heterocycles. The fourth-order valence-electron chi connectivity index (χ4n) is 1.21. The van der Waals surface area contributed by atoms with Crippen molar-refractivity contribution < 1.29 is 5.11 Å². The summed E-state index contributed by atoms with van der Waals surface area (Å²) < 4.78 is 1.63. The number of nitrogens with two attached hydrogens (primary N) is 1. The van der Waals surface area contributed by atoms with Crippen molar-refractivity contribution in [2.24, 2.45) is 0 Å². The van der Waals surface area contributed by atoms with Crippen molar-refractivity contribution in [3.05, 3.63) is 30.1 Å². The first-order valence-corrected chi connectivity index (χ1v) is 3.65. The van der Waals surface area contributed by atoms with Crippen LogP contribution in [0.5, 0.6) is 0 Å². The lowest BCUT2D eigenvalue weighted by atomic mass is 10.3. The van der Waals surface area contributed by atoms with Gasteiger partial charge in [0.05, 0.1) is 29.7 Å². The molecule has 0 radical (unpaired) electrons. The molecule has 0 aromatic carbocycles. The number of nitrogens with zero attached hydrogens (tertiary/aromatic N) is 2. The van der Waals surface area contributed by atoms with Crippen molar-refractivity contribution in [1.29, 1.82) is 0 Å². The number of nitrogen functional groups attached to an aromatic ring is 1. The summed E-state index contributed by atoms with van der Waals surface area (Å²) >= 11 is 0. The number of aromatic nitrogens is 2. The lowest BCUT2D eigenvalue weighted by Crippen LogP contribution is -1.97. The maximum absolute atomic E-state index is 8.94. The minimum Gasteiger partial charge on any atom is -0.396 e. The van der Waals surface area contributed by atoms with Crippen molar-refractivity contribution >= 4 is 11.2 Å². The number of aliphatic hydroxyl groups excluding tert-OH is 1. The smallest absolute Gasteiger partial charge is 0.0895 e. The average Bonchev–Trinajstić information content (AvgIpc) is 2.48. The van der Waals surface area contributed by atoms with E-state index < -0.39 is 0 Å². The van der Waals surface area contributed by atoms with Crippen molar-refractivity contribution in [1.82, 2.24) is 9.61 Å². The first-order chi connectivity index (χ1) is 5.83. The third-order valence-corrected chi connectivity index (χ3v) is 1.81. The highest BCUT2D eigenvalue weighted by atomic mass is 16.3. The van der Waals surface area contributed by atoms with E-state index in [-0.39, 0.29) is 6.61 Å². The highest BCUT2D eigenvalue weighted by Crippen LogP contribution is 2.13. The summed E-state index contributed by atoms with van der Waals surface area (Å²) in [6, 6.07) is 5.51. The van der Waals surface area contributed by atoms with Gasteiger partial charge >= 0.3 is 0 Å². The first-order valence-electron chi connectivity index (χ1n) is 3.65. The molecule has 0 aliphatic rings. The van der Waals surface area contributed by atoms with E-state index in [1.165, 1.54) is 0 Å². The van der Waals surface area contributed by atoms with Gasteiger partial charge in [-0.05, 0) is 12.1 Å². The monoisotopic (exact) mass is 163 g/mol. The second kappa shape index (κ2) is 2.49. The van der Waals surface area contributed by atoms with Crippen molar-refractivity contribution in [2.45, 2.75) is 6.61 Å². The van der Waals surface area contributed by atoms with E-state index >= 15 is 0 Å². The number of rotatable bonds is 1. The summed E-state index contributed by atoms with van der Waals surface area (Å²) in [6.07, 6.45) is 1.58. The Labute approximate surface area is 69.2 Å². The maximum Gasteiger partial charge on any atom is 0.0895 e. The maximum atomic E-state index is 8.94. The van der Waals surface area contributed by atoms with Crippen molar-refractivity contribution in [2.75, 3.05) is 5.73 Å². The molecule has 12 heavy (non-hydrogen) atoms. The number of aliphatic hydroxyl groups is 1. The zero-order chi connectivity index (χ0) is 8.55. The molecule has 0 saturated heterocycles. The molecule has 2 rings (SSSR count). The fraction of sp³-hybridized carbons (Fsp3) is 0.125. The summed E-state index contributed by atoms with van der Waals surface area (Å²) in [6.45, 7) is -0.0293. The topological polar surface area (TPSA) is 63.5 Å². The van der Waals surface area contributed by atoms with Crippen LogP contribution < -0.4 is 5.73 Å². The molecule has 62 valence electrons. The molecule has 0 amide bonds. The molecule has 3 N–H and O–H groups in total. The van der Waals surface area contributed by atoms with Crippen LogP contribution in [0.1, 0.15) is 5.69 Å². The van der Waals surface area contributed by atoms with Gasteiger partial charge in [-0.15, -0.1) is 0 Å². The third-order valence-electron chi connectivity index (χ3n) is 1.81. The van der Waals surface area contributed by atoms with Crippen LogP contribution >= 0.6 is 0 Å².